The third-order valence-electron chi connectivity index (χ3n) is 2.41. The first-order chi connectivity index (χ1) is 7.93. The number of nitrogens with one attached hydrogen (secondary N) is 1. The molecule has 1 N–H and O–H groups in total. The van der Waals surface area contributed by atoms with Crippen molar-refractivity contribution in [3.63, 3.8) is 0 Å². The molecule has 0 unspecified atom stereocenters. The molecule has 2 rings (SSSR count). The lowest BCUT2D eigenvalue weighted by Crippen LogP contribution is -1.81. The topological polar surface area (TPSA) is 15.8 Å². The Bertz CT molecular complexity index is 293. The Kier molecular flexibility index (Phi) is 7.52. The molecule has 0 aliphatic carbocycles. The molecule has 16 heavy (non-hydrogen) atoms. The van der Waals surface area contributed by atoms with E-state index in [4.69, 9.17) is 0 Å². The summed E-state index contributed by atoms with van der Waals surface area (Å²) in [6.45, 7) is 2.25. The number of hydrogen-bond acceptors (Lipinski definition) is 1. The van der Waals surface area contributed by atoms with E-state index in [0.717, 1.165) is 0 Å². The predicted octanol–water partition coefficient (Wildman–Crippen LogP) is 4.89. The first-order valence-electron chi connectivity index (χ1n) is 6.02. The summed E-state index contributed by atoms with van der Waals surface area (Å²) in [5.74, 6) is 0. The van der Waals surface area contributed by atoms with Gasteiger partial charge in [0, 0.05) is 12.4 Å². The zero-order chi connectivity index (χ0) is 11.5. The van der Waals surface area contributed by atoms with Crippen molar-refractivity contribution < 1.29 is 0 Å². The Morgan fingerprint density at radius 1 is 1.12 bits per heavy atom. The maximum Gasteiger partial charge on any atom is 0.00373 e. The molecule has 88 valence electrons. The van der Waals surface area contributed by atoms with Gasteiger partial charge in [0.1, 0.15) is 0 Å². The molecule has 0 atom stereocenters. The summed E-state index contributed by atoms with van der Waals surface area (Å²) in [5.41, 5.74) is 1.45. The number of rotatable bonds is 5. The van der Waals surface area contributed by atoms with Crippen LogP contribution in [0.1, 0.15) is 38.2 Å². The van der Waals surface area contributed by atoms with E-state index >= 15 is 0 Å². The van der Waals surface area contributed by atoms with Gasteiger partial charge in [-0.1, -0.05) is 38.3 Å². The summed E-state index contributed by atoms with van der Waals surface area (Å²) in [5, 5.41) is 4.08. The lowest BCUT2D eigenvalue weighted by Gasteiger charge is -1.96. The Labute approximate surface area is 103 Å². The number of hydrogen-bond donors (Lipinski definition) is 1. The van der Waals surface area contributed by atoms with E-state index in [1.807, 2.05) is 29.1 Å². The molecule has 0 saturated heterocycles. The first-order valence-corrected chi connectivity index (χ1v) is 6.96. The monoisotopic (exact) mass is 235 g/mol. The third kappa shape index (κ3) is 6.46. The van der Waals surface area contributed by atoms with Crippen LogP contribution < -0.4 is 0 Å². The molecular formula is C14H21NS. The minimum Gasteiger partial charge on any atom is -0.367 e. The maximum absolute atomic E-state index is 3.07. The van der Waals surface area contributed by atoms with E-state index < -0.39 is 0 Å². The van der Waals surface area contributed by atoms with Gasteiger partial charge in [-0.3, -0.25) is 0 Å². The highest BCUT2D eigenvalue weighted by molar-refractivity contribution is 7.07. The van der Waals surface area contributed by atoms with Crippen molar-refractivity contribution in [2.75, 3.05) is 0 Å². The second kappa shape index (κ2) is 9.22. The lowest BCUT2D eigenvalue weighted by atomic mass is 10.1. The van der Waals surface area contributed by atoms with Gasteiger partial charge in [0.15, 0.2) is 0 Å². The molecule has 2 aromatic heterocycles. The van der Waals surface area contributed by atoms with Gasteiger partial charge in [0.05, 0.1) is 0 Å². The number of aromatic nitrogens is 1. The maximum atomic E-state index is 3.07. The predicted molar refractivity (Wildman–Crippen MR) is 73.0 cm³/mol. The number of aromatic amines is 1. The highest BCUT2D eigenvalue weighted by Crippen LogP contribution is 2.06. The summed E-state index contributed by atoms with van der Waals surface area (Å²) in [6, 6.07) is 6.20. The Morgan fingerprint density at radius 2 is 1.94 bits per heavy atom. The van der Waals surface area contributed by atoms with Gasteiger partial charge in [0.25, 0.3) is 0 Å². The molecule has 2 heteroatoms. The molecule has 1 nitrogen and oxygen atoms in total. The van der Waals surface area contributed by atoms with Gasteiger partial charge < -0.3 is 4.98 Å². The van der Waals surface area contributed by atoms with Crippen molar-refractivity contribution in [1.82, 2.24) is 4.98 Å². The number of thiophene rings is 1. The van der Waals surface area contributed by atoms with Crippen LogP contribution in [0.25, 0.3) is 0 Å². The van der Waals surface area contributed by atoms with Crippen LogP contribution in [0.4, 0.5) is 0 Å². The molecule has 0 radical (unpaired) electrons. The summed E-state index contributed by atoms with van der Waals surface area (Å²) in [7, 11) is 0. The minimum atomic E-state index is 1.24. The summed E-state index contributed by atoms with van der Waals surface area (Å²) in [6.07, 6.45) is 10.7. The van der Waals surface area contributed by atoms with Gasteiger partial charge in [-0.2, -0.15) is 11.3 Å². The fraction of sp³-hybridized carbons (Fsp3) is 0.429. The van der Waals surface area contributed by atoms with Crippen LogP contribution >= 0.6 is 11.3 Å². The van der Waals surface area contributed by atoms with Gasteiger partial charge in [0.2, 0.25) is 0 Å². The molecule has 0 spiro atoms. The molecule has 0 bridgehead atoms. The minimum absolute atomic E-state index is 1.24. The van der Waals surface area contributed by atoms with E-state index in [1.165, 1.54) is 37.7 Å². The van der Waals surface area contributed by atoms with Crippen LogP contribution in [0.3, 0.4) is 0 Å². The van der Waals surface area contributed by atoms with Crippen molar-refractivity contribution in [3.05, 3.63) is 46.9 Å². The fourth-order valence-corrected chi connectivity index (χ4v) is 1.95. The van der Waals surface area contributed by atoms with Crippen LogP contribution in [-0.4, -0.2) is 4.98 Å². The first kappa shape index (κ1) is 13.0. The van der Waals surface area contributed by atoms with E-state index in [0.29, 0.717) is 0 Å². The van der Waals surface area contributed by atoms with E-state index in [-0.39, 0.29) is 0 Å². The molecule has 2 heterocycles. The van der Waals surface area contributed by atoms with Crippen molar-refractivity contribution in [2.24, 2.45) is 0 Å². The third-order valence-corrected chi connectivity index (χ3v) is 3.04. The number of aryl methyl sites for hydroxylation is 1. The largest absolute Gasteiger partial charge is 0.367 e. The van der Waals surface area contributed by atoms with Gasteiger partial charge in [-0.15, -0.1) is 0 Å². The second-order valence-corrected chi connectivity index (χ2v) is 4.64. The summed E-state index contributed by atoms with van der Waals surface area (Å²) < 4.78 is 0. The number of unbranched alkanes of at least 4 members (excludes halogenated alkanes) is 3. The molecule has 0 amide bonds. The Hall–Kier alpha value is -1.02. The van der Waals surface area contributed by atoms with Crippen LogP contribution in [0, 0.1) is 0 Å². The average molecular weight is 235 g/mol. The molecular weight excluding hydrogens is 214 g/mol. The van der Waals surface area contributed by atoms with Crippen LogP contribution in [0.5, 0.6) is 0 Å². The number of H-pyrrole nitrogens is 1. The highest BCUT2D eigenvalue weighted by atomic mass is 32.1. The Balaban J connectivity index is 0.000000212. The molecule has 0 fully saturated rings. The normalized spacial score (nSPS) is 9.56. The van der Waals surface area contributed by atoms with Crippen LogP contribution in [0.15, 0.2) is 41.4 Å². The second-order valence-electron chi connectivity index (χ2n) is 3.82. The zero-order valence-corrected chi connectivity index (χ0v) is 10.8. The summed E-state index contributed by atoms with van der Waals surface area (Å²) >= 11 is 1.71. The van der Waals surface area contributed by atoms with Crippen molar-refractivity contribution in [1.29, 1.82) is 0 Å². The van der Waals surface area contributed by atoms with Crippen LogP contribution in [0.2, 0.25) is 0 Å². The molecule has 0 aromatic carbocycles. The zero-order valence-electron chi connectivity index (χ0n) is 9.99. The molecule has 0 saturated carbocycles. The lowest BCUT2D eigenvalue weighted by molar-refractivity contribution is 0.667. The smallest absolute Gasteiger partial charge is 0.00373 e. The van der Waals surface area contributed by atoms with Crippen molar-refractivity contribution >= 4 is 11.3 Å². The van der Waals surface area contributed by atoms with Crippen LogP contribution in [-0.2, 0) is 6.42 Å². The van der Waals surface area contributed by atoms with Crippen molar-refractivity contribution in [3.8, 4) is 0 Å². The quantitative estimate of drug-likeness (QED) is 0.710. The van der Waals surface area contributed by atoms with E-state index in [2.05, 4.69) is 24.2 Å². The average Bonchev–Trinajstić information content (AvgIpc) is 2.99. The Morgan fingerprint density at radius 3 is 2.44 bits per heavy atom. The summed E-state index contributed by atoms with van der Waals surface area (Å²) in [4.78, 5) is 3.07. The van der Waals surface area contributed by atoms with Crippen molar-refractivity contribution in [2.45, 2.75) is 39.0 Å². The van der Waals surface area contributed by atoms with Gasteiger partial charge in [-0.25, -0.2) is 0 Å². The SMILES string of the molecule is CCCCCCc1cc[nH]c1.c1ccsc1. The van der Waals surface area contributed by atoms with E-state index in [9.17, 15) is 0 Å². The molecule has 0 aliphatic heterocycles. The van der Waals surface area contributed by atoms with Gasteiger partial charge >= 0.3 is 0 Å². The molecule has 0 aliphatic rings. The van der Waals surface area contributed by atoms with Gasteiger partial charge in [-0.05, 0) is 35.2 Å². The highest BCUT2D eigenvalue weighted by Gasteiger charge is 1.91. The molecule has 2 aromatic rings. The fourth-order valence-electron chi connectivity index (χ4n) is 1.50. The standard InChI is InChI=1S/C10H17N.C4H4S/c1-2-3-4-5-6-10-7-8-11-9-10;1-2-4-5-3-1/h7-9,11H,2-6H2,1H3;1-4H. The van der Waals surface area contributed by atoms with E-state index in [1.54, 1.807) is 11.3 Å².